The molecule has 2 heterocycles. The molecular weight excluding hydrogens is 308 g/mol. The monoisotopic (exact) mass is 330 g/mol. The fourth-order valence-electron chi connectivity index (χ4n) is 1.92. The normalized spacial score (nSPS) is 16.4. The number of sulfonamides is 1. The number of hydrogen-bond donors (Lipinski definition) is 1. The first-order valence-corrected chi connectivity index (χ1v) is 9.38. The second-order valence-corrected chi connectivity index (χ2v) is 9.04. The highest BCUT2D eigenvalue weighted by Gasteiger charge is 2.31. The lowest BCUT2D eigenvalue weighted by Gasteiger charge is -2.17. The Bertz CT molecular complexity index is 654. The van der Waals surface area contributed by atoms with Crippen LogP contribution in [0, 0.1) is 0 Å². The van der Waals surface area contributed by atoms with E-state index in [0.717, 1.165) is 5.75 Å². The first-order valence-electron chi connectivity index (χ1n) is 6.91. The van der Waals surface area contributed by atoms with Crippen LogP contribution in [0.3, 0.4) is 0 Å². The number of aromatic nitrogens is 2. The maximum atomic E-state index is 12.6. The van der Waals surface area contributed by atoms with Gasteiger partial charge in [-0.25, -0.2) is 8.42 Å². The Morgan fingerprint density at radius 1 is 1.38 bits per heavy atom. The SMILES string of the molecule is CC(C)n1cc(S(=O)(=O)NC2=NCCS2)c(C(C)(C)C)n1. The van der Waals surface area contributed by atoms with Crippen molar-refractivity contribution < 1.29 is 8.42 Å². The Labute approximate surface area is 130 Å². The summed E-state index contributed by atoms with van der Waals surface area (Å²) in [6.45, 7) is 10.5. The summed E-state index contributed by atoms with van der Waals surface area (Å²) in [5.74, 6) is 0.815. The van der Waals surface area contributed by atoms with Crippen LogP contribution < -0.4 is 4.72 Å². The number of nitrogens with zero attached hydrogens (tertiary/aromatic N) is 3. The third kappa shape index (κ3) is 3.60. The number of rotatable bonds is 3. The molecule has 118 valence electrons. The summed E-state index contributed by atoms with van der Waals surface area (Å²) in [5.41, 5.74) is 0.224. The van der Waals surface area contributed by atoms with Crippen LogP contribution in [0.15, 0.2) is 16.1 Å². The van der Waals surface area contributed by atoms with Crippen molar-refractivity contribution in [1.29, 1.82) is 0 Å². The van der Waals surface area contributed by atoms with Gasteiger partial charge in [-0.05, 0) is 13.8 Å². The van der Waals surface area contributed by atoms with Crippen molar-refractivity contribution in [3.05, 3.63) is 11.9 Å². The molecule has 1 aromatic heterocycles. The van der Waals surface area contributed by atoms with Crippen LogP contribution in [0.1, 0.15) is 46.4 Å². The summed E-state index contributed by atoms with van der Waals surface area (Å²) in [7, 11) is -3.66. The third-order valence-corrected chi connectivity index (χ3v) is 5.39. The molecule has 0 fully saturated rings. The van der Waals surface area contributed by atoms with Crippen LogP contribution in [0.4, 0.5) is 0 Å². The number of hydrogen-bond acceptors (Lipinski definition) is 5. The fourth-order valence-corrected chi connectivity index (χ4v) is 4.30. The topological polar surface area (TPSA) is 76.3 Å². The van der Waals surface area contributed by atoms with Gasteiger partial charge >= 0.3 is 0 Å². The van der Waals surface area contributed by atoms with Gasteiger partial charge in [0.1, 0.15) is 4.90 Å². The Kier molecular flexibility index (Phi) is 4.39. The van der Waals surface area contributed by atoms with Crippen LogP contribution in [-0.4, -0.2) is 35.7 Å². The Morgan fingerprint density at radius 2 is 2.05 bits per heavy atom. The molecule has 8 heteroatoms. The molecule has 1 N–H and O–H groups in total. The molecule has 0 aliphatic carbocycles. The zero-order chi connectivity index (χ0) is 15.8. The Hall–Kier alpha value is -1.02. The molecule has 0 unspecified atom stereocenters. The van der Waals surface area contributed by atoms with Crippen molar-refractivity contribution in [3.8, 4) is 0 Å². The highest BCUT2D eigenvalue weighted by atomic mass is 32.2. The Balaban J connectivity index is 2.45. The van der Waals surface area contributed by atoms with E-state index >= 15 is 0 Å². The number of amidine groups is 1. The first-order chi connectivity index (χ1) is 9.61. The van der Waals surface area contributed by atoms with E-state index in [2.05, 4.69) is 14.8 Å². The zero-order valence-electron chi connectivity index (χ0n) is 13.0. The largest absolute Gasteiger partial charge is 0.269 e. The smallest absolute Gasteiger partial charge is 0.266 e. The van der Waals surface area contributed by atoms with Crippen molar-refractivity contribution >= 4 is 27.0 Å². The molecule has 2 rings (SSSR count). The minimum Gasteiger partial charge on any atom is -0.269 e. The predicted octanol–water partition coefficient (Wildman–Crippen LogP) is 2.14. The molecule has 0 bridgehead atoms. The Morgan fingerprint density at radius 3 is 2.52 bits per heavy atom. The van der Waals surface area contributed by atoms with E-state index in [1.165, 1.54) is 11.8 Å². The summed E-state index contributed by atoms with van der Waals surface area (Å²) >= 11 is 1.42. The lowest BCUT2D eigenvalue weighted by atomic mass is 9.92. The second-order valence-electron chi connectivity index (χ2n) is 6.31. The summed E-state index contributed by atoms with van der Waals surface area (Å²) in [6.07, 6.45) is 1.60. The van der Waals surface area contributed by atoms with Crippen LogP contribution in [-0.2, 0) is 15.4 Å². The quantitative estimate of drug-likeness (QED) is 0.921. The van der Waals surface area contributed by atoms with Crippen molar-refractivity contribution in [2.24, 2.45) is 4.99 Å². The fraction of sp³-hybridized carbons (Fsp3) is 0.692. The number of thioether (sulfide) groups is 1. The molecule has 6 nitrogen and oxygen atoms in total. The zero-order valence-corrected chi connectivity index (χ0v) is 14.7. The van der Waals surface area contributed by atoms with Gasteiger partial charge in [0.15, 0.2) is 5.17 Å². The lowest BCUT2D eigenvalue weighted by Crippen LogP contribution is -2.29. The van der Waals surface area contributed by atoms with E-state index < -0.39 is 10.0 Å². The summed E-state index contributed by atoms with van der Waals surface area (Å²) in [4.78, 5) is 4.38. The number of nitrogens with one attached hydrogen (secondary N) is 1. The molecule has 1 aromatic rings. The van der Waals surface area contributed by atoms with Gasteiger partial charge in [0.25, 0.3) is 10.0 Å². The van der Waals surface area contributed by atoms with E-state index in [9.17, 15) is 8.42 Å². The van der Waals surface area contributed by atoms with E-state index in [4.69, 9.17) is 0 Å². The van der Waals surface area contributed by atoms with E-state index in [1.54, 1.807) is 10.9 Å². The third-order valence-electron chi connectivity index (χ3n) is 3.03. The lowest BCUT2D eigenvalue weighted by molar-refractivity contribution is 0.493. The number of aliphatic imine (C=N–C) groups is 1. The average molecular weight is 330 g/mol. The molecule has 1 aliphatic heterocycles. The van der Waals surface area contributed by atoms with Gasteiger partial charge < -0.3 is 0 Å². The van der Waals surface area contributed by atoms with Gasteiger partial charge in [-0.15, -0.1) is 0 Å². The summed E-state index contributed by atoms with van der Waals surface area (Å²) in [6, 6.07) is 0.105. The first kappa shape index (κ1) is 16.4. The van der Waals surface area contributed by atoms with Crippen LogP contribution >= 0.6 is 11.8 Å². The van der Waals surface area contributed by atoms with Crippen molar-refractivity contribution in [1.82, 2.24) is 14.5 Å². The van der Waals surface area contributed by atoms with Crippen molar-refractivity contribution in [3.63, 3.8) is 0 Å². The molecule has 21 heavy (non-hydrogen) atoms. The van der Waals surface area contributed by atoms with Gasteiger partial charge in [0.05, 0.1) is 12.2 Å². The maximum absolute atomic E-state index is 12.6. The molecule has 0 atom stereocenters. The highest BCUT2D eigenvalue weighted by Crippen LogP contribution is 2.29. The van der Waals surface area contributed by atoms with Crippen molar-refractivity contribution in [2.45, 2.75) is 51.0 Å². The molecule has 0 radical (unpaired) electrons. The van der Waals surface area contributed by atoms with Gasteiger partial charge in [-0.2, -0.15) is 5.10 Å². The molecule has 1 aliphatic rings. The second kappa shape index (κ2) is 5.64. The minimum atomic E-state index is -3.66. The summed E-state index contributed by atoms with van der Waals surface area (Å²) in [5, 5.41) is 4.94. The van der Waals surface area contributed by atoms with Gasteiger partial charge in [-0.3, -0.25) is 14.4 Å². The van der Waals surface area contributed by atoms with Gasteiger partial charge in [0, 0.05) is 23.4 Å². The summed E-state index contributed by atoms with van der Waals surface area (Å²) < 4.78 is 29.5. The molecule has 0 saturated carbocycles. The molecule has 0 aromatic carbocycles. The van der Waals surface area contributed by atoms with Crippen molar-refractivity contribution in [2.75, 3.05) is 12.3 Å². The van der Waals surface area contributed by atoms with Crippen LogP contribution in [0.5, 0.6) is 0 Å². The van der Waals surface area contributed by atoms with Crippen LogP contribution in [0.2, 0.25) is 0 Å². The van der Waals surface area contributed by atoms with Gasteiger partial charge in [0.2, 0.25) is 0 Å². The standard InChI is InChI=1S/C13H22N4O2S2/c1-9(2)17-8-10(11(15-17)13(3,4)5)21(18,19)16-12-14-6-7-20-12/h8-9H,6-7H2,1-5H3,(H,14,16). The molecule has 0 saturated heterocycles. The predicted molar refractivity (Wildman–Crippen MR) is 86.4 cm³/mol. The van der Waals surface area contributed by atoms with E-state index in [1.807, 2.05) is 34.6 Å². The van der Waals surface area contributed by atoms with Gasteiger partial charge in [-0.1, -0.05) is 32.5 Å². The molecule has 0 spiro atoms. The average Bonchev–Trinajstić information content (AvgIpc) is 2.94. The molecule has 0 amide bonds. The van der Waals surface area contributed by atoms with Crippen LogP contribution in [0.25, 0.3) is 0 Å². The molecular formula is C13H22N4O2S2. The van der Waals surface area contributed by atoms with E-state index in [-0.39, 0.29) is 16.4 Å². The maximum Gasteiger partial charge on any atom is 0.266 e. The van der Waals surface area contributed by atoms with E-state index in [0.29, 0.717) is 17.4 Å². The minimum absolute atomic E-state index is 0.105. The highest BCUT2D eigenvalue weighted by molar-refractivity contribution is 8.15.